The molecule has 2 rings (SSSR count). The van der Waals surface area contributed by atoms with E-state index >= 15 is 0 Å². The van der Waals surface area contributed by atoms with Crippen molar-refractivity contribution in [3.8, 4) is 11.6 Å². The van der Waals surface area contributed by atoms with Gasteiger partial charge in [0.15, 0.2) is 0 Å². The smallest absolute Gasteiger partial charge is 0.217 e. The maximum absolute atomic E-state index is 5.82. The number of para-hydroxylation sites is 1. The Hall–Kier alpha value is -2.07. The second-order valence-corrected chi connectivity index (χ2v) is 5.05. The molecule has 2 aromatic rings. The zero-order chi connectivity index (χ0) is 15.1. The first kappa shape index (κ1) is 15.3. The van der Waals surface area contributed by atoms with Gasteiger partial charge in [0.25, 0.3) is 0 Å². The fourth-order valence-electron chi connectivity index (χ4n) is 2.09. The summed E-state index contributed by atoms with van der Waals surface area (Å²) >= 11 is 0. The van der Waals surface area contributed by atoms with Crippen LogP contribution in [0.25, 0.3) is 0 Å². The topological polar surface area (TPSA) is 43.4 Å². The molecule has 0 aliphatic rings. The molecule has 0 saturated heterocycles. The van der Waals surface area contributed by atoms with Crippen molar-refractivity contribution in [2.45, 2.75) is 33.0 Å². The summed E-state index contributed by atoms with van der Waals surface area (Å²) in [6.07, 6.45) is 1.90. The van der Waals surface area contributed by atoms with Gasteiger partial charge in [-0.25, -0.2) is 4.98 Å². The van der Waals surface area contributed by atoms with Crippen LogP contribution in [0.2, 0.25) is 0 Å². The van der Waals surface area contributed by atoms with E-state index in [2.05, 4.69) is 16.4 Å². The first-order valence-corrected chi connectivity index (χ1v) is 7.14. The van der Waals surface area contributed by atoms with E-state index in [0.29, 0.717) is 12.4 Å². The highest BCUT2D eigenvalue weighted by Gasteiger charge is 2.06. The molecular weight excluding hydrogens is 264 g/mol. The lowest BCUT2D eigenvalue weighted by Crippen LogP contribution is -2.15. The number of rotatable bonds is 7. The number of nitrogens with zero attached hydrogens (tertiary/aromatic N) is 1. The Morgan fingerprint density at radius 1 is 1.05 bits per heavy atom. The van der Waals surface area contributed by atoms with E-state index in [9.17, 15) is 0 Å². The molecule has 112 valence electrons. The van der Waals surface area contributed by atoms with Gasteiger partial charge in [-0.1, -0.05) is 24.3 Å². The summed E-state index contributed by atoms with van der Waals surface area (Å²) in [6, 6.07) is 12.0. The largest absolute Gasteiger partial charge is 0.491 e. The number of hydrogen-bond acceptors (Lipinski definition) is 4. The predicted octanol–water partition coefficient (Wildman–Crippen LogP) is 3.17. The van der Waals surface area contributed by atoms with E-state index in [1.54, 1.807) is 13.3 Å². The van der Waals surface area contributed by atoms with Gasteiger partial charge < -0.3 is 14.8 Å². The van der Waals surface area contributed by atoms with E-state index in [4.69, 9.17) is 9.47 Å². The molecule has 0 unspecified atom stereocenters. The standard InChI is InChI=1S/C17H22N2O2/c1-13(2)21-16-9-5-4-7-14(16)11-18-12-15-8-6-10-19-17(15)20-3/h4-10,13,18H,11-12H2,1-3H3. The van der Waals surface area contributed by atoms with Gasteiger partial charge in [0.2, 0.25) is 5.88 Å². The molecule has 0 bridgehead atoms. The highest BCUT2D eigenvalue weighted by Crippen LogP contribution is 2.20. The number of pyridine rings is 1. The van der Waals surface area contributed by atoms with Gasteiger partial charge in [0, 0.05) is 30.4 Å². The molecule has 21 heavy (non-hydrogen) atoms. The van der Waals surface area contributed by atoms with E-state index < -0.39 is 0 Å². The van der Waals surface area contributed by atoms with Gasteiger partial charge in [-0.15, -0.1) is 0 Å². The lowest BCUT2D eigenvalue weighted by atomic mass is 10.2. The molecule has 0 amide bonds. The summed E-state index contributed by atoms with van der Waals surface area (Å²) < 4.78 is 11.1. The van der Waals surface area contributed by atoms with Crippen LogP contribution in [0.3, 0.4) is 0 Å². The van der Waals surface area contributed by atoms with Gasteiger partial charge in [0.05, 0.1) is 13.2 Å². The number of aromatic nitrogens is 1. The molecule has 0 spiro atoms. The second kappa shape index (κ2) is 7.64. The third kappa shape index (κ3) is 4.46. The number of ether oxygens (including phenoxy) is 2. The van der Waals surface area contributed by atoms with Gasteiger partial charge in [-0.05, 0) is 26.0 Å². The quantitative estimate of drug-likeness (QED) is 0.849. The Bertz CT molecular complexity index is 570. The fourth-order valence-corrected chi connectivity index (χ4v) is 2.09. The minimum atomic E-state index is 0.171. The van der Waals surface area contributed by atoms with Crippen LogP contribution in [0.15, 0.2) is 42.6 Å². The van der Waals surface area contributed by atoms with Crippen LogP contribution in [0.1, 0.15) is 25.0 Å². The van der Waals surface area contributed by atoms with Gasteiger partial charge in [-0.2, -0.15) is 0 Å². The molecule has 0 aliphatic heterocycles. The van der Waals surface area contributed by atoms with E-state index in [-0.39, 0.29) is 6.10 Å². The average Bonchev–Trinajstić information content (AvgIpc) is 2.49. The summed E-state index contributed by atoms with van der Waals surface area (Å²) in [7, 11) is 1.64. The third-order valence-electron chi connectivity index (χ3n) is 3.01. The van der Waals surface area contributed by atoms with Crippen molar-refractivity contribution in [3.63, 3.8) is 0 Å². The Kier molecular flexibility index (Phi) is 5.58. The van der Waals surface area contributed by atoms with Gasteiger partial charge >= 0.3 is 0 Å². The van der Waals surface area contributed by atoms with Crippen molar-refractivity contribution in [2.75, 3.05) is 7.11 Å². The van der Waals surface area contributed by atoms with Crippen LogP contribution < -0.4 is 14.8 Å². The van der Waals surface area contributed by atoms with Crippen LogP contribution in [-0.2, 0) is 13.1 Å². The number of nitrogens with one attached hydrogen (secondary N) is 1. The molecule has 0 radical (unpaired) electrons. The summed E-state index contributed by atoms with van der Waals surface area (Å²) in [5, 5.41) is 3.41. The summed E-state index contributed by atoms with van der Waals surface area (Å²) in [4.78, 5) is 4.19. The SMILES string of the molecule is COc1ncccc1CNCc1ccccc1OC(C)C. The Morgan fingerprint density at radius 3 is 2.52 bits per heavy atom. The van der Waals surface area contributed by atoms with Crippen molar-refractivity contribution >= 4 is 0 Å². The van der Waals surface area contributed by atoms with Crippen LogP contribution in [0, 0.1) is 0 Å². The molecule has 4 heteroatoms. The van der Waals surface area contributed by atoms with Gasteiger partial charge in [-0.3, -0.25) is 0 Å². The molecule has 1 heterocycles. The second-order valence-electron chi connectivity index (χ2n) is 5.05. The Morgan fingerprint density at radius 2 is 1.76 bits per heavy atom. The van der Waals surface area contributed by atoms with Crippen molar-refractivity contribution in [2.24, 2.45) is 0 Å². The monoisotopic (exact) mass is 286 g/mol. The fraction of sp³-hybridized carbons (Fsp3) is 0.353. The van der Waals surface area contributed by atoms with E-state index in [0.717, 1.165) is 23.4 Å². The molecule has 1 N–H and O–H groups in total. The van der Waals surface area contributed by atoms with Crippen molar-refractivity contribution in [3.05, 3.63) is 53.7 Å². The van der Waals surface area contributed by atoms with Crippen LogP contribution >= 0.6 is 0 Å². The molecule has 1 aromatic carbocycles. The van der Waals surface area contributed by atoms with Crippen molar-refractivity contribution in [1.82, 2.24) is 10.3 Å². The normalized spacial score (nSPS) is 10.7. The predicted molar refractivity (Wildman–Crippen MR) is 83.5 cm³/mol. The maximum atomic E-state index is 5.82. The Labute approximate surface area is 126 Å². The number of hydrogen-bond donors (Lipinski definition) is 1. The molecule has 4 nitrogen and oxygen atoms in total. The average molecular weight is 286 g/mol. The van der Waals surface area contributed by atoms with E-state index in [1.165, 1.54) is 0 Å². The third-order valence-corrected chi connectivity index (χ3v) is 3.01. The Balaban J connectivity index is 1.97. The molecule has 1 aromatic heterocycles. The molecule has 0 fully saturated rings. The highest BCUT2D eigenvalue weighted by molar-refractivity contribution is 5.33. The molecule has 0 aliphatic carbocycles. The zero-order valence-electron chi connectivity index (χ0n) is 12.8. The lowest BCUT2D eigenvalue weighted by Gasteiger charge is -2.15. The van der Waals surface area contributed by atoms with Crippen LogP contribution in [0.4, 0.5) is 0 Å². The van der Waals surface area contributed by atoms with Crippen LogP contribution in [-0.4, -0.2) is 18.2 Å². The maximum Gasteiger partial charge on any atom is 0.217 e. The highest BCUT2D eigenvalue weighted by atomic mass is 16.5. The van der Waals surface area contributed by atoms with Gasteiger partial charge in [0.1, 0.15) is 5.75 Å². The minimum absolute atomic E-state index is 0.171. The lowest BCUT2D eigenvalue weighted by molar-refractivity contribution is 0.239. The van der Waals surface area contributed by atoms with Crippen molar-refractivity contribution < 1.29 is 9.47 Å². The first-order valence-electron chi connectivity index (χ1n) is 7.14. The number of benzene rings is 1. The van der Waals surface area contributed by atoms with Crippen LogP contribution in [0.5, 0.6) is 11.6 Å². The summed E-state index contributed by atoms with van der Waals surface area (Å²) in [5.41, 5.74) is 2.19. The number of methoxy groups -OCH3 is 1. The summed E-state index contributed by atoms with van der Waals surface area (Å²) in [5.74, 6) is 1.59. The molecule has 0 saturated carbocycles. The molecule has 0 atom stereocenters. The molecular formula is C17H22N2O2. The minimum Gasteiger partial charge on any atom is -0.491 e. The zero-order valence-corrected chi connectivity index (χ0v) is 12.8. The van der Waals surface area contributed by atoms with Crippen molar-refractivity contribution in [1.29, 1.82) is 0 Å². The summed E-state index contributed by atoms with van der Waals surface area (Å²) in [6.45, 7) is 5.50. The van der Waals surface area contributed by atoms with E-state index in [1.807, 2.05) is 44.2 Å². The first-order chi connectivity index (χ1) is 10.2.